The van der Waals surface area contributed by atoms with Crippen LogP contribution in [0.5, 0.6) is 0 Å². The number of benzene rings is 3. The third-order valence-corrected chi connectivity index (χ3v) is 5.07. The number of H-pyrrole nitrogens is 1. The van der Waals surface area contributed by atoms with Crippen LogP contribution in [0.1, 0.15) is 16.7 Å². The van der Waals surface area contributed by atoms with Crippen LogP contribution in [0.25, 0.3) is 22.0 Å². The van der Waals surface area contributed by atoms with Crippen LogP contribution in [-0.4, -0.2) is 16.2 Å². The topological polar surface area (TPSA) is 95.8 Å². The summed E-state index contributed by atoms with van der Waals surface area (Å²) >= 11 is 0. The maximum atomic E-state index is 13.9. The number of rotatable bonds is 3. The quantitative estimate of drug-likeness (QED) is 0.363. The minimum atomic E-state index is -0.500. The number of fused-ring (bicyclic) bond motifs is 1. The number of nitrogens with two attached hydrogens (primary N) is 1. The molecule has 0 atom stereocenters. The molecule has 0 aliphatic rings. The molecule has 0 bridgehead atoms. The fourth-order valence-electron chi connectivity index (χ4n) is 3.66. The Kier molecular flexibility index (Phi) is 4.87. The van der Waals surface area contributed by atoms with Gasteiger partial charge in [0.05, 0.1) is 16.6 Å². The number of nitrogens with one attached hydrogen (secondary N) is 3. The van der Waals surface area contributed by atoms with Crippen molar-refractivity contribution in [3.05, 3.63) is 71.0 Å². The number of carbonyl (C=O) groups is 1. The van der Waals surface area contributed by atoms with E-state index in [0.717, 1.165) is 38.7 Å². The Bertz CT molecular complexity index is 1260. The van der Waals surface area contributed by atoms with Gasteiger partial charge in [-0.15, -0.1) is 0 Å². The number of nitrogens with zero attached hydrogens (tertiary/aromatic N) is 1. The number of hydrogen-bond donors (Lipinski definition) is 4. The molecule has 5 N–H and O–H groups in total. The Morgan fingerprint density at radius 1 is 1.03 bits per heavy atom. The van der Waals surface area contributed by atoms with Gasteiger partial charge in [0.15, 0.2) is 5.82 Å². The molecule has 6 nitrogen and oxygen atoms in total. The number of anilines is 3. The number of aromatic nitrogens is 2. The first-order valence-corrected chi connectivity index (χ1v) is 9.52. The van der Waals surface area contributed by atoms with Crippen LogP contribution >= 0.6 is 0 Å². The summed E-state index contributed by atoms with van der Waals surface area (Å²) in [7, 11) is 0. The summed E-state index contributed by atoms with van der Waals surface area (Å²) in [5.41, 5.74) is 12.3. The Morgan fingerprint density at radius 3 is 2.50 bits per heavy atom. The van der Waals surface area contributed by atoms with E-state index in [0.29, 0.717) is 11.5 Å². The van der Waals surface area contributed by atoms with Gasteiger partial charge in [0.1, 0.15) is 5.82 Å². The smallest absolute Gasteiger partial charge is 0.323 e. The zero-order valence-corrected chi connectivity index (χ0v) is 16.9. The number of nitrogen functional groups attached to an aromatic ring is 1. The lowest BCUT2D eigenvalue weighted by Gasteiger charge is -2.15. The Labute approximate surface area is 173 Å². The minimum absolute atomic E-state index is 0.140. The highest BCUT2D eigenvalue weighted by atomic mass is 19.1. The highest BCUT2D eigenvalue weighted by molar-refractivity contribution is 6.03. The van der Waals surface area contributed by atoms with Gasteiger partial charge >= 0.3 is 6.03 Å². The molecule has 3 aromatic carbocycles. The van der Waals surface area contributed by atoms with Gasteiger partial charge in [0.25, 0.3) is 0 Å². The fourth-order valence-corrected chi connectivity index (χ4v) is 3.66. The molecule has 152 valence electrons. The van der Waals surface area contributed by atoms with Crippen molar-refractivity contribution in [1.29, 1.82) is 0 Å². The second-order valence-corrected chi connectivity index (χ2v) is 7.38. The number of halogens is 1. The van der Waals surface area contributed by atoms with Crippen molar-refractivity contribution in [2.75, 3.05) is 16.4 Å². The predicted octanol–water partition coefficient (Wildman–Crippen LogP) is 5.52. The van der Waals surface area contributed by atoms with Crippen molar-refractivity contribution in [3.8, 4) is 11.1 Å². The number of hydrogen-bond acceptors (Lipinski definition) is 3. The second kappa shape index (κ2) is 7.51. The molecule has 30 heavy (non-hydrogen) atoms. The number of carbonyl (C=O) groups excluding carboxylic acids is 1. The molecular formula is C23H22FN5O. The van der Waals surface area contributed by atoms with Gasteiger partial charge in [0, 0.05) is 5.69 Å². The Morgan fingerprint density at radius 2 is 1.77 bits per heavy atom. The highest BCUT2D eigenvalue weighted by Crippen LogP contribution is 2.34. The number of aryl methyl sites for hydroxylation is 3. The lowest BCUT2D eigenvalue weighted by atomic mass is 9.96. The summed E-state index contributed by atoms with van der Waals surface area (Å²) in [5.74, 6) is -0.0389. The average Bonchev–Trinajstić information content (AvgIpc) is 3.08. The van der Waals surface area contributed by atoms with Crippen molar-refractivity contribution in [2.45, 2.75) is 20.8 Å². The average molecular weight is 403 g/mol. The van der Waals surface area contributed by atoms with Crippen molar-refractivity contribution in [3.63, 3.8) is 0 Å². The molecule has 4 aromatic rings. The standard InChI is InChI=1S/C23H22FN5O/c1-12-7-8-17(24)19(9-12)26-23(30)27-21-13(2)10-15(11-14(21)3)16-5-4-6-18-20(16)22(25)29-28-18/h4-11H,1-3H3,(H3,25,28,29)(H2,26,27,30). The van der Waals surface area contributed by atoms with Crippen molar-refractivity contribution in [2.24, 2.45) is 0 Å². The number of aromatic amines is 1. The summed E-state index contributed by atoms with van der Waals surface area (Å²) in [5, 5.41) is 13.3. The van der Waals surface area contributed by atoms with E-state index < -0.39 is 11.8 Å². The van der Waals surface area contributed by atoms with Crippen molar-refractivity contribution < 1.29 is 9.18 Å². The molecule has 7 heteroatoms. The van der Waals surface area contributed by atoms with E-state index in [1.807, 2.05) is 51.1 Å². The maximum Gasteiger partial charge on any atom is 0.323 e. The van der Waals surface area contributed by atoms with Crippen LogP contribution in [0.4, 0.5) is 26.4 Å². The van der Waals surface area contributed by atoms with E-state index in [9.17, 15) is 9.18 Å². The second-order valence-electron chi connectivity index (χ2n) is 7.38. The van der Waals surface area contributed by atoms with Crippen LogP contribution in [0.15, 0.2) is 48.5 Å². The van der Waals surface area contributed by atoms with Crippen molar-refractivity contribution in [1.82, 2.24) is 10.2 Å². The lowest BCUT2D eigenvalue weighted by Crippen LogP contribution is -2.21. The van der Waals surface area contributed by atoms with Gasteiger partial charge in [-0.1, -0.05) is 18.2 Å². The van der Waals surface area contributed by atoms with Gasteiger partial charge in [-0.3, -0.25) is 5.10 Å². The molecule has 0 saturated heterocycles. The van der Waals surface area contributed by atoms with Crippen LogP contribution in [0.3, 0.4) is 0 Å². The summed E-state index contributed by atoms with van der Waals surface area (Å²) < 4.78 is 13.9. The SMILES string of the molecule is Cc1ccc(F)c(NC(=O)Nc2c(C)cc(-c3cccc4[nH]nc(N)c34)cc2C)c1. The molecule has 0 spiro atoms. The first-order valence-electron chi connectivity index (χ1n) is 9.52. The molecule has 0 saturated carbocycles. The van der Waals surface area contributed by atoms with Gasteiger partial charge in [-0.25, -0.2) is 9.18 Å². The monoisotopic (exact) mass is 403 g/mol. The largest absolute Gasteiger partial charge is 0.382 e. The third kappa shape index (κ3) is 3.57. The summed E-state index contributed by atoms with van der Waals surface area (Å²) in [4.78, 5) is 12.5. The van der Waals surface area contributed by atoms with Crippen LogP contribution < -0.4 is 16.4 Å². The van der Waals surface area contributed by atoms with Crippen molar-refractivity contribution >= 4 is 34.1 Å². The van der Waals surface area contributed by atoms with E-state index in [1.165, 1.54) is 6.07 Å². The third-order valence-electron chi connectivity index (χ3n) is 5.07. The molecule has 4 rings (SSSR count). The van der Waals surface area contributed by atoms with E-state index in [4.69, 9.17) is 5.73 Å². The van der Waals surface area contributed by atoms with Gasteiger partial charge < -0.3 is 16.4 Å². The Hall–Kier alpha value is -3.87. The van der Waals surface area contributed by atoms with Crippen LogP contribution in [0, 0.1) is 26.6 Å². The minimum Gasteiger partial charge on any atom is -0.382 e. The van der Waals surface area contributed by atoms with Crippen LogP contribution in [-0.2, 0) is 0 Å². The summed E-state index contributed by atoms with van der Waals surface area (Å²) in [6, 6.07) is 13.9. The molecule has 0 radical (unpaired) electrons. The van der Waals surface area contributed by atoms with Gasteiger partial charge in [-0.05, 0) is 78.9 Å². The zero-order valence-electron chi connectivity index (χ0n) is 16.9. The zero-order chi connectivity index (χ0) is 21.4. The molecule has 0 fully saturated rings. The summed E-state index contributed by atoms with van der Waals surface area (Å²) in [6.07, 6.45) is 0. The normalized spacial score (nSPS) is 10.9. The predicted molar refractivity (Wildman–Crippen MR) is 119 cm³/mol. The molecule has 1 heterocycles. The van der Waals surface area contributed by atoms with Gasteiger partial charge in [-0.2, -0.15) is 5.10 Å². The first-order chi connectivity index (χ1) is 14.3. The Balaban J connectivity index is 1.64. The lowest BCUT2D eigenvalue weighted by molar-refractivity contribution is 0.262. The number of amides is 2. The van der Waals surface area contributed by atoms with E-state index >= 15 is 0 Å². The number of urea groups is 1. The highest BCUT2D eigenvalue weighted by Gasteiger charge is 2.14. The molecule has 0 aliphatic carbocycles. The maximum absolute atomic E-state index is 13.9. The summed E-state index contributed by atoms with van der Waals surface area (Å²) in [6.45, 7) is 5.67. The van der Waals surface area contributed by atoms with E-state index in [2.05, 4.69) is 20.8 Å². The fraction of sp³-hybridized carbons (Fsp3) is 0.130. The molecular weight excluding hydrogens is 381 g/mol. The molecule has 0 aliphatic heterocycles. The first kappa shape index (κ1) is 19.4. The molecule has 2 amide bonds. The van der Waals surface area contributed by atoms with Gasteiger partial charge in [0.2, 0.25) is 0 Å². The molecule has 0 unspecified atom stereocenters. The van der Waals surface area contributed by atoms with E-state index in [1.54, 1.807) is 12.1 Å². The molecule has 1 aromatic heterocycles. The van der Waals surface area contributed by atoms with E-state index in [-0.39, 0.29) is 5.69 Å². The van der Waals surface area contributed by atoms with Crippen LogP contribution in [0.2, 0.25) is 0 Å².